The van der Waals surface area contributed by atoms with Gasteiger partial charge in [0.25, 0.3) is 5.91 Å². The van der Waals surface area contributed by atoms with E-state index in [-0.39, 0.29) is 17.3 Å². The topological polar surface area (TPSA) is 64.3 Å². The van der Waals surface area contributed by atoms with Crippen molar-refractivity contribution in [2.45, 2.75) is 0 Å². The van der Waals surface area contributed by atoms with Crippen LogP contribution in [0.2, 0.25) is 0 Å². The van der Waals surface area contributed by atoms with E-state index in [1.807, 2.05) is 0 Å². The third-order valence-electron chi connectivity index (χ3n) is 1.61. The molecule has 0 aliphatic rings. The highest BCUT2D eigenvalue weighted by Gasteiger charge is 2.05. The van der Waals surface area contributed by atoms with Crippen LogP contribution in [-0.2, 0) is 0 Å². The van der Waals surface area contributed by atoms with Gasteiger partial charge in [0.1, 0.15) is 5.75 Å². The molecule has 0 atom stereocenters. The Bertz CT molecular complexity index is 404. The third kappa shape index (κ3) is 1.90. The number of nitrogens with one attached hydrogen (secondary N) is 1. The van der Waals surface area contributed by atoms with Gasteiger partial charge in [-0.15, -0.1) is 0 Å². The SMILES string of the molecule is [2H]C([2H])([2H])Oc1ccc(C(=O)NC)cc1N. The Hall–Kier alpha value is -1.71. The predicted octanol–water partition coefficient (Wildman–Crippen LogP) is 0.637. The summed E-state index contributed by atoms with van der Waals surface area (Å²) in [6.07, 6.45) is 0. The molecule has 0 saturated heterocycles. The lowest BCUT2D eigenvalue weighted by molar-refractivity contribution is 0.0963. The van der Waals surface area contributed by atoms with Gasteiger partial charge < -0.3 is 15.8 Å². The molecule has 4 heteroatoms. The van der Waals surface area contributed by atoms with Gasteiger partial charge in [-0.3, -0.25) is 4.79 Å². The summed E-state index contributed by atoms with van der Waals surface area (Å²) in [6, 6.07) is 4.16. The van der Waals surface area contributed by atoms with Gasteiger partial charge >= 0.3 is 0 Å². The minimum absolute atomic E-state index is 0.0349. The molecular formula is C9H12N2O2. The Morgan fingerprint density at radius 2 is 2.46 bits per heavy atom. The summed E-state index contributed by atoms with van der Waals surface area (Å²) in [6.45, 7) is 0. The molecule has 13 heavy (non-hydrogen) atoms. The summed E-state index contributed by atoms with van der Waals surface area (Å²) in [7, 11) is -1.06. The van der Waals surface area contributed by atoms with Crippen LogP contribution in [0.3, 0.4) is 0 Å². The average Bonchev–Trinajstić information content (AvgIpc) is 2.18. The fraction of sp³-hybridized carbons (Fsp3) is 0.222. The Morgan fingerprint density at radius 1 is 1.69 bits per heavy atom. The molecule has 70 valence electrons. The van der Waals surface area contributed by atoms with Crippen molar-refractivity contribution < 1.29 is 13.6 Å². The number of ether oxygens (including phenoxy) is 1. The van der Waals surface area contributed by atoms with E-state index in [1.165, 1.54) is 25.2 Å². The molecule has 1 rings (SSSR count). The lowest BCUT2D eigenvalue weighted by atomic mass is 10.2. The van der Waals surface area contributed by atoms with Crippen LogP contribution in [0.15, 0.2) is 18.2 Å². The molecule has 0 fully saturated rings. The Kier molecular flexibility index (Phi) is 1.71. The maximum atomic E-state index is 11.2. The Morgan fingerprint density at radius 3 is 3.00 bits per heavy atom. The largest absolute Gasteiger partial charge is 0.495 e. The second-order valence-corrected chi connectivity index (χ2v) is 2.43. The first kappa shape index (κ1) is 5.85. The standard InChI is InChI=1S/C9H12N2O2/c1-11-9(12)6-3-4-8(13-2)7(10)5-6/h3-5H,10H2,1-2H3,(H,11,12)/i2D3. The number of methoxy groups -OCH3 is 1. The van der Waals surface area contributed by atoms with E-state index in [2.05, 4.69) is 10.1 Å². The molecule has 0 radical (unpaired) electrons. The van der Waals surface area contributed by atoms with Gasteiger partial charge in [-0.25, -0.2) is 0 Å². The molecule has 1 amide bonds. The summed E-state index contributed by atoms with van der Waals surface area (Å²) in [5.41, 5.74) is 6.02. The maximum absolute atomic E-state index is 11.2. The molecular weight excluding hydrogens is 168 g/mol. The van der Waals surface area contributed by atoms with Crippen molar-refractivity contribution in [2.24, 2.45) is 0 Å². The van der Waals surface area contributed by atoms with Crippen LogP contribution in [-0.4, -0.2) is 20.0 Å². The summed E-state index contributed by atoms with van der Waals surface area (Å²) in [4.78, 5) is 11.2. The van der Waals surface area contributed by atoms with Gasteiger partial charge in [-0.05, 0) is 18.2 Å². The van der Waals surface area contributed by atoms with E-state index in [1.54, 1.807) is 0 Å². The lowest BCUT2D eigenvalue weighted by Crippen LogP contribution is -2.17. The van der Waals surface area contributed by atoms with E-state index in [4.69, 9.17) is 9.85 Å². The van der Waals surface area contributed by atoms with Gasteiger partial charge in [0.2, 0.25) is 0 Å². The van der Waals surface area contributed by atoms with Gasteiger partial charge in [-0.2, -0.15) is 0 Å². The molecule has 3 N–H and O–H groups in total. The molecule has 0 aliphatic heterocycles. The van der Waals surface area contributed by atoms with Gasteiger partial charge in [0.15, 0.2) is 0 Å². The minimum Gasteiger partial charge on any atom is -0.495 e. The quantitative estimate of drug-likeness (QED) is 0.661. The number of carbonyl (C=O) groups excluding carboxylic acids is 1. The molecule has 0 bridgehead atoms. The normalized spacial score (nSPS) is 13.8. The molecule has 4 nitrogen and oxygen atoms in total. The van der Waals surface area contributed by atoms with Crippen molar-refractivity contribution in [3.8, 4) is 5.75 Å². The van der Waals surface area contributed by atoms with Crippen molar-refractivity contribution in [3.63, 3.8) is 0 Å². The smallest absolute Gasteiger partial charge is 0.251 e. The van der Waals surface area contributed by atoms with Gasteiger partial charge in [0.05, 0.1) is 16.8 Å². The summed E-state index contributed by atoms with van der Waals surface area (Å²) >= 11 is 0. The number of amides is 1. The minimum atomic E-state index is -2.55. The van der Waals surface area contributed by atoms with E-state index >= 15 is 0 Å². The molecule has 0 aromatic heterocycles. The fourth-order valence-electron chi connectivity index (χ4n) is 0.927. The maximum Gasteiger partial charge on any atom is 0.251 e. The molecule has 0 spiro atoms. The number of rotatable bonds is 2. The van der Waals surface area contributed by atoms with Crippen LogP contribution >= 0.6 is 0 Å². The second-order valence-electron chi connectivity index (χ2n) is 2.43. The molecule has 0 heterocycles. The predicted molar refractivity (Wildman–Crippen MR) is 50.8 cm³/mol. The zero-order valence-electron chi connectivity index (χ0n) is 10.1. The number of hydrogen-bond donors (Lipinski definition) is 2. The van der Waals surface area contributed by atoms with Gasteiger partial charge in [0, 0.05) is 12.6 Å². The first-order valence-corrected chi connectivity index (χ1v) is 3.64. The second kappa shape index (κ2) is 3.80. The van der Waals surface area contributed by atoms with Crippen LogP contribution in [0, 0.1) is 0 Å². The molecule has 1 aromatic carbocycles. The summed E-state index contributed by atoms with van der Waals surface area (Å²) in [5.74, 6) is -0.264. The van der Waals surface area contributed by atoms with Gasteiger partial charge in [-0.1, -0.05) is 0 Å². The lowest BCUT2D eigenvalue weighted by Gasteiger charge is -2.05. The van der Waals surface area contributed by atoms with Crippen LogP contribution < -0.4 is 15.8 Å². The van der Waals surface area contributed by atoms with E-state index in [0.717, 1.165) is 0 Å². The number of anilines is 1. The van der Waals surface area contributed by atoms with Crippen molar-refractivity contribution >= 4 is 11.6 Å². The average molecular weight is 183 g/mol. The molecule has 0 unspecified atom stereocenters. The van der Waals surface area contributed by atoms with E-state index in [0.29, 0.717) is 5.56 Å². The fourth-order valence-corrected chi connectivity index (χ4v) is 0.927. The van der Waals surface area contributed by atoms with Crippen LogP contribution in [0.1, 0.15) is 14.5 Å². The van der Waals surface area contributed by atoms with Crippen molar-refractivity contribution in [1.29, 1.82) is 0 Å². The van der Waals surface area contributed by atoms with Crippen LogP contribution in [0.5, 0.6) is 5.75 Å². The number of nitrogens with two attached hydrogens (primary N) is 1. The van der Waals surface area contributed by atoms with Crippen molar-refractivity contribution in [3.05, 3.63) is 23.8 Å². The van der Waals surface area contributed by atoms with Crippen molar-refractivity contribution in [1.82, 2.24) is 5.32 Å². The highest BCUT2D eigenvalue weighted by Crippen LogP contribution is 2.21. The number of nitrogen functional groups attached to an aromatic ring is 1. The molecule has 0 saturated carbocycles. The number of benzene rings is 1. The van der Waals surface area contributed by atoms with Crippen molar-refractivity contribution in [2.75, 3.05) is 19.8 Å². The van der Waals surface area contributed by atoms with E-state index in [9.17, 15) is 4.79 Å². The zero-order chi connectivity index (χ0) is 12.3. The monoisotopic (exact) mass is 183 g/mol. The Balaban J connectivity index is 2.96. The highest BCUT2D eigenvalue weighted by atomic mass is 16.5. The third-order valence-corrected chi connectivity index (χ3v) is 1.61. The zero-order valence-corrected chi connectivity index (χ0v) is 7.13. The van der Waals surface area contributed by atoms with Crippen LogP contribution in [0.4, 0.5) is 5.69 Å². The van der Waals surface area contributed by atoms with Crippen LogP contribution in [0.25, 0.3) is 0 Å². The summed E-state index contributed by atoms with van der Waals surface area (Å²) in [5, 5.41) is 2.43. The van der Waals surface area contributed by atoms with E-state index < -0.39 is 7.04 Å². The number of hydrogen-bond acceptors (Lipinski definition) is 3. The number of carbonyl (C=O) groups is 1. The molecule has 1 aromatic rings. The highest BCUT2D eigenvalue weighted by molar-refractivity contribution is 5.95. The first-order valence-electron chi connectivity index (χ1n) is 5.14. The molecule has 0 aliphatic carbocycles. The first-order chi connectivity index (χ1) is 7.33. The summed E-state index contributed by atoms with van der Waals surface area (Å²) < 4.78 is 25.4. The Labute approximate surface area is 80.9 Å².